The summed E-state index contributed by atoms with van der Waals surface area (Å²) in [4.78, 5) is 22.5. The van der Waals surface area contributed by atoms with Crippen molar-refractivity contribution in [2.24, 2.45) is 0 Å². The van der Waals surface area contributed by atoms with E-state index in [4.69, 9.17) is 42.7 Å². The van der Waals surface area contributed by atoms with E-state index < -0.39 is 17.9 Å². The summed E-state index contributed by atoms with van der Waals surface area (Å²) in [6, 6.07) is 2.77. The minimum absolute atomic E-state index is 0.228. The second kappa shape index (κ2) is 11.5. The fourth-order valence-corrected chi connectivity index (χ4v) is 3.95. The van der Waals surface area contributed by atoms with Crippen molar-refractivity contribution in [2.45, 2.75) is 38.7 Å². The van der Waals surface area contributed by atoms with Gasteiger partial charge in [0.05, 0.1) is 12.6 Å². The number of hydrogen-bond acceptors (Lipinski definition) is 5. The van der Waals surface area contributed by atoms with Crippen molar-refractivity contribution in [1.29, 1.82) is 0 Å². The number of ether oxygens (including phenoxy) is 2. The average molecular weight is 439 g/mol. The van der Waals surface area contributed by atoms with Gasteiger partial charge in [0.2, 0.25) is 0 Å². The van der Waals surface area contributed by atoms with Crippen LogP contribution in [0, 0.1) is 0 Å². The molecule has 0 fully saturated rings. The van der Waals surface area contributed by atoms with Gasteiger partial charge in [0.15, 0.2) is 11.5 Å². The summed E-state index contributed by atoms with van der Waals surface area (Å²) in [5.41, 5.74) is 0.549. The maximum absolute atomic E-state index is 12.0. The molecule has 0 atom stereocenters. The fourth-order valence-electron chi connectivity index (χ4n) is 2.09. The Bertz CT molecular complexity index is 644. The Morgan fingerprint density at radius 1 is 1.15 bits per heavy atom. The van der Waals surface area contributed by atoms with Crippen molar-refractivity contribution < 1.29 is 24.2 Å². The molecule has 0 amide bonds. The summed E-state index contributed by atoms with van der Waals surface area (Å²) in [7, 11) is 0. The SMILES string of the molecule is CCOc1ccc(/C=C/C(=O)[O-])cc1OC(=O)CCCCC[Si](Cl)(Cl)Cl. The Morgan fingerprint density at radius 3 is 2.50 bits per heavy atom. The summed E-state index contributed by atoms with van der Waals surface area (Å²) in [6.45, 7) is 2.21. The van der Waals surface area contributed by atoms with Crippen LogP contribution < -0.4 is 14.6 Å². The van der Waals surface area contributed by atoms with Crippen LogP contribution in [0.1, 0.15) is 38.2 Å². The van der Waals surface area contributed by atoms with E-state index in [-0.39, 0.29) is 12.2 Å². The summed E-state index contributed by atoms with van der Waals surface area (Å²) >= 11 is 17.4. The lowest BCUT2D eigenvalue weighted by Gasteiger charge is -2.12. The normalized spacial score (nSPS) is 11.5. The van der Waals surface area contributed by atoms with E-state index in [0.29, 0.717) is 30.4 Å². The number of aliphatic carboxylic acids is 1. The number of carbonyl (C=O) groups is 2. The minimum Gasteiger partial charge on any atom is -0.545 e. The van der Waals surface area contributed by atoms with Gasteiger partial charge in [0.25, 0.3) is 0 Å². The van der Waals surface area contributed by atoms with E-state index in [0.717, 1.165) is 18.9 Å². The summed E-state index contributed by atoms with van der Waals surface area (Å²) in [6.07, 6.45) is 4.62. The number of esters is 1. The first-order valence-electron chi connectivity index (χ1n) is 8.14. The van der Waals surface area contributed by atoms with Crippen LogP contribution in [-0.2, 0) is 9.59 Å². The highest BCUT2D eigenvalue weighted by molar-refractivity contribution is 7.64. The van der Waals surface area contributed by atoms with Gasteiger partial charge in [-0.25, -0.2) is 0 Å². The zero-order chi connectivity index (χ0) is 19.6. The molecule has 9 heteroatoms. The van der Waals surface area contributed by atoms with Crippen molar-refractivity contribution in [3.63, 3.8) is 0 Å². The van der Waals surface area contributed by atoms with Gasteiger partial charge in [0.1, 0.15) is 0 Å². The molecule has 0 aliphatic rings. The van der Waals surface area contributed by atoms with Crippen LogP contribution >= 0.6 is 33.2 Å². The highest BCUT2D eigenvalue weighted by atomic mass is 35.8. The van der Waals surface area contributed by atoms with Crippen molar-refractivity contribution >= 4 is 57.3 Å². The molecular weight excluding hydrogens is 419 g/mol. The molecule has 144 valence electrons. The predicted octanol–water partition coefficient (Wildman–Crippen LogP) is 3.97. The number of hydrogen-bond donors (Lipinski definition) is 0. The van der Waals surface area contributed by atoms with E-state index in [2.05, 4.69) is 0 Å². The van der Waals surface area contributed by atoms with Gasteiger partial charge in [-0.15, -0.1) is 33.2 Å². The summed E-state index contributed by atoms with van der Waals surface area (Å²) in [5, 5.41) is 10.5. The van der Waals surface area contributed by atoms with Crippen LogP contribution in [0.4, 0.5) is 0 Å². The molecule has 0 spiro atoms. The number of halogens is 3. The molecule has 0 aliphatic carbocycles. The zero-order valence-electron chi connectivity index (χ0n) is 14.3. The number of unbranched alkanes of at least 4 members (excludes halogenated alkanes) is 2. The smallest absolute Gasteiger partial charge is 0.341 e. The largest absolute Gasteiger partial charge is 0.545 e. The van der Waals surface area contributed by atoms with Gasteiger partial charge in [-0.3, -0.25) is 4.79 Å². The lowest BCUT2D eigenvalue weighted by molar-refractivity contribution is -0.297. The van der Waals surface area contributed by atoms with Crippen LogP contribution in [0.3, 0.4) is 0 Å². The Kier molecular flexibility index (Phi) is 10.1. The predicted molar refractivity (Wildman–Crippen MR) is 104 cm³/mol. The summed E-state index contributed by atoms with van der Waals surface area (Å²) < 4.78 is 10.8. The molecule has 26 heavy (non-hydrogen) atoms. The van der Waals surface area contributed by atoms with Crippen molar-refractivity contribution in [1.82, 2.24) is 0 Å². The highest BCUT2D eigenvalue weighted by Crippen LogP contribution is 2.30. The molecule has 1 aromatic carbocycles. The number of benzene rings is 1. The monoisotopic (exact) mass is 437 g/mol. The van der Waals surface area contributed by atoms with Crippen molar-refractivity contribution in [3.8, 4) is 11.5 Å². The third-order valence-corrected chi connectivity index (χ3v) is 5.87. The second-order valence-corrected chi connectivity index (χ2v) is 14.7. The van der Waals surface area contributed by atoms with E-state index in [1.165, 1.54) is 12.1 Å². The first-order chi connectivity index (χ1) is 12.2. The minimum atomic E-state index is -2.60. The Labute approximate surface area is 168 Å². The molecule has 0 bridgehead atoms. The van der Waals surface area contributed by atoms with Gasteiger partial charge in [0, 0.05) is 6.42 Å². The van der Waals surface area contributed by atoms with Crippen LogP contribution in [0.15, 0.2) is 24.3 Å². The van der Waals surface area contributed by atoms with Crippen molar-refractivity contribution in [3.05, 3.63) is 29.8 Å². The summed E-state index contributed by atoms with van der Waals surface area (Å²) in [5.74, 6) is -1.06. The highest BCUT2D eigenvalue weighted by Gasteiger charge is 2.23. The van der Waals surface area contributed by atoms with Crippen LogP contribution in [0.5, 0.6) is 11.5 Å². The first kappa shape index (κ1) is 22.8. The standard InChI is InChI=1S/C17H21Cl3O5Si/c1-2-24-14-9-7-13(8-10-16(21)22)12-15(14)25-17(23)6-4-3-5-11-26(18,19)20/h7-10,12H,2-6,11H2,1H3,(H,21,22)/p-1/b10-8+. The van der Waals surface area contributed by atoms with Crippen molar-refractivity contribution in [2.75, 3.05) is 6.61 Å². The molecular formula is C17H20Cl3O5Si-. The third kappa shape index (κ3) is 10.1. The molecule has 0 radical (unpaired) electrons. The zero-order valence-corrected chi connectivity index (χ0v) is 17.6. The maximum atomic E-state index is 12.0. The molecule has 0 saturated heterocycles. The fraction of sp³-hybridized carbons (Fsp3) is 0.412. The van der Waals surface area contributed by atoms with E-state index in [1.807, 2.05) is 6.92 Å². The second-order valence-electron chi connectivity index (χ2n) is 5.44. The quantitative estimate of drug-likeness (QED) is 0.130. The molecule has 0 heterocycles. The average Bonchev–Trinajstić information content (AvgIpc) is 2.53. The van der Waals surface area contributed by atoms with Gasteiger partial charge < -0.3 is 19.4 Å². The number of carboxylic acids is 1. The van der Waals surface area contributed by atoms with Crippen LogP contribution in [0.2, 0.25) is 6.04 Å². The van der Waals surface area contributed by atoms with Gasteiger partial charge in [-0.2, -0.15) is 0 Å². The van der Waals surface area contributed by atoms with Gasteiger partial charge in [-0.05, 0) is 43.2 Å². The molecule has 1 rings (SSSR count). The number of rotatable bonds is 11. The molecule has 0 unspecified atom stereocenters. The van der Waals surface area contributed by atoms with Crippen LogP contribution in [-0.4, -0.2) is 24.5 Å². The van der Waals surface area contributed by atoms with E-state index in [1.54, 1.807) is 12.1 Å². The number of carbonyl (C=O) groups excluding carboxylic acids is 2. The lowest BCUT2D eigenvalue weighted by atomic mass is 10.2. The van der Waals surface area contributed by atoms with Crippen LogP contribution in [0.25, 0.3) is 6.08 Å². The topological polar surface area (TPSA) is 75.7 Å². The molecule has 0 aromatic heterocycles. The first-order valence-corrected chi connectivity index (χ1v) is 13.4. The van der Waals surface area contributed by atoms with Gasteiger partial charge >= 0.3 is 12.0 Å². The Hall–Kier alpha value is -1.21. The van der Waals surface area contributed by atoms with E-state index in [9.17, 15) is 14.7 Å². The molecule has 0 N–H and O–H groups in total. The van der Waals surface area contributed by atoms with Gasteiger partial charge in [-0.1, -0.05) is 25.0 Å². The third-order valence-electron chi connectivity index (χ3n) is 3.24. The molecule has 1 aromatic rings. The molecule has 0 aliphatic heterocycles. The number of carboxylic acid groups (broad SMARTS) is 1. The Morgan fingerprint density at radius 2 is 1.88 bits per heavy atom. The lowest BCUT2D eigenvalue weighted by Crippen LogP contribution is -2.18. The van der Waals surface area contributed by atoms with E-state index >= 15 is 0 Å². The maximum Gasteiger partial charge on any atom is 0.341 e. The Balaban J connectivity index is 2.63. The molecule has 0 saturated carbocycles. The molecule has 5 nitrogen and oxygen atoms in total.